The molecule has 94 valence electrons. The van der Waals surface area contributed by atoms with Gasteiger partial charge in [0, 0.05) is 5.56 Å². The highest BCUT2D eigenvalue weighted by atomic mass is 19.4. The van der Waals surface area contributed by atoms with Crippen LogP contribution in [0.1, 0.15) is 10.4 Å². The molecule has 0 unspecified atom stereocenters. The number of hydrogen-bond acceptors (Lipinski definition) is 4. The summed E-state index contributed by atoms with van der Waals surface area (Å²) in [6.07, 6.45) is -4.98. The van der Waals surface area contributed by atoms with Crippen molar-refractivity contribution in [2.75, 3.05) is 0 Å². The van der Waals surface area contributed by atoms with Gasteiger partial charge in [-0.05, 0) is 12.1 Å². The minimum Gasteiger partial charge on any atom is -0.367 e. The first-order valence-electron chi connectivity index (χ1n) is 4.11. The highest BCUT2D eigenvalue weighted by Gasteiger charge is 2.40. The Morgan fingerprint density at radius 1 is 1.12 bits per heavy atom. The molecule has 8 heteroatoms. The fourth-order valence-electron chi connectivity index (χ4n) is 0.669. The number of rotatable bonds is 1. The van der Waals surface area contributed by atoms with E-state index in [1.165, 1.54) is 0 Å². The first-order valence-corrected chi connectivity index (χ1v) is 4.11. The van der Waals surface area contributed by atoms with Gasteiger partial charge in [-0.25, -0.2) is 4.79 Å². The molecule has 1 aromatic carbocycles. The number of halogens is 3. The average molecular weight is 250 g/mol. The van der Waals surface area contributed by atoms with Crippen LogP contribution in [0.4, 0.5) is 13.2 Å². The van der Waals surface area contributed by atoms with Gasteiger partial charge in [0.05, 0.1) is 0 Å². The number of alkyl halides is 3. The van der Waals surface area contributed by atoms with Crippen LogP contribution in [0.25, 0.3) is 0 Å². The Hall–Kier alpha value is -2.09. The van der Waals surface area contributed by atoms with Crippen LogP contribution >= 0.6 is 0 Å². The van der Waals surface area contributed by atoms with Gasteiger partial charge in [-0.15, -0.1) is 0 Å². The fourth-order valence-corrected chi connectivity index (χ4v) is 0.669. The number of primary amides is 1. The lowest BCUT2D eigenvalue weighted by Crippen LogP contribution is -2.27. The van der Waals surface area contributed by atoms with Crippen molar-refractivity contribution in [3.8, 4) is 0 Å². The van der Waals surface area contributed by atoms with Crippen LogP contribution in [0.2, 0.25) is 0 Å². The molecule has 0 saturated carbocycles. The summed E-state index contributed by atoms with van der Waals surface area (Å²) in [4.78, 5) is 22.6. The first-order chi connectivity index (χ1) is 7.79. The Bertz CT molecular complexity index is 379. The molecular formula is C9H9F3N2O3. The molecule has 1 amide bonds. The summed E-state index contributed by atoms with van der Waals surface area (Å²) >= 11 is 0. The van der Waals surface area contributed by atoms with E-state index in [4.69, 9.17) is 5.73 Å². The molecule has 1 rings (SSSR count). The van der Waals surface area contributed by atoms with Gasteiger partial charge in [0.25, 0.3) is 0 Å². The van der Waals surface area contributed by atoms with Crippen molar-refractivity contribution in [3.63, 3.8) is 0 Å². The van der Waals surface area contributed by atoms with E-state index in [1.54, 1.807) is 24.3 Å². The maximum Gasteiger partial charge on any atom is 0.492 e. The lowest BCUT2D eigenvalue weighted by molar-refractivity contribution is -0.200. The summed E-state index contributed by atoms with van der Waals surface area (Å²) in [5.41, 5.74) is 5.53. The minimum absolute atomic E-state index is 0.379. The van der Waals surface area contributed by atoms with Crippen LogP contribution in [-0.2, 0) is 9.63 Å². The molecule has 0 saturated heterocycles. The maximum atomic E-state index is 10.9. The molecule has 0 aliphatic rings. The van der Waals surface area contributed by atoms with Crippen molar-refractivity contribution in [3.05, 3.63) is 35.9 Å². The lowest BCUT2D eigenvalue weighted by Gasteiger charge is -1.98. The molecular weight excluding hydrogens is 241 g/mol. The van der Waals surface area contributed by atoms with E-state index in [2.05, 4.69) is 10.7 Å². The van der Waals surface area contributed by atoms with Crippen LogP contribution in [0.15, 0.2) is 30.3 Å². The molecule has 17 heavy (non-hydrogen) atoms. The number of carbonyl (C=O) groups is 2. The molecule has 0 heterocycles. The van der Waals surface area contributed by atoms with Crippen LogP contribution in [0.5, 0.6) is 0 Å². The SMILES string of the molecule is NC(=O)c1ccccc1.NOC(=O)C(F)(F)F. The van der Waals surface area contributed by atoms with E-state index in [9.17, 15) is 22.8 Å². The number of benzene rings is 1. The largest absolute Gasteiger partial charge is 0.492 e. The standard InChI is InChI=1S/C7H7NO.C2H2F3NO2/c8-7(9)6-4-2-1-3-5-6;3-2(4,5)1(7)8-6/h1-5H,(H2,8,9);6H2. The predicted octanol–water partition coefficient (Wildman–Crippen LogP) is 0.751. The molecule has 0 fully saturated rings. The normalized spacial score (nSPS) is 9.88. The smallest absolute Gasteiger partial charge is 0.367 e. The molecule has 1 aromatic rings. The summed E-state index contributed by atoms with van der Waals surface area (Å²) in [5.74, 6) is 1.12. The summed E-state index contributed by atoms with van der Waals surface area (Å²) in [6.45, 7) is 0. The van der Waals surface area contributed by atoms with Crippen molar-refractivity contribution in [1.82, 2.24) is 0 Å². The van der Waals surface area contributed by atoms with Crippen LogP contribution < -0.4 is 11.6 Å². The first kappa shape index (κ1) is 14.9. The fraction of sp³-hybridized carbons (Fsp3) is 0.111. The minimum atomic E-state index is -4.98. The predicted molar refractivity (Wildman–Crippen MR) is 51.3 cm³/mol. The average Bonchev–Trinajstić information content (AvgIpc) is 2.28. The third-order valence-corrected chi connectivity index (χ3v) is 1.40. The molecule has 4 N–H and O–H groups in total. The quantitative estimate of drug-likeness (QED) is 0.719. The van der Waals surface area contributed by atoms with E-state index in [-0.39, 0.29) is 5.91 Å². The molecule has 5 nitrogen and oxygen atoms in total. The van der Waals surface area contributed by atoms with Gasteiger partial charge >= 0.3 is 12.1 Å². The van der Waals surface area contributed by atoms with E-state index in [0.717, 1.165) is 0 Å². The van der Waals surface area contributed by atoms with Crippen LogP contribution in [0, 0.1) is 0 Å². The summed E-state index contributed by atoms with van der Waals surface area (Å²) in [7, 11) is 0. The van der Waals surface area contributed by atoms with Gasteiger partial charge in [0.15, 0.2) is 0 Å². The Morgan fingerprint density at radius 2 is 1.59 bits per heavy atom. The molecule has 0 spiro atoms. The topological polar surface area (TPSA) is 95.4 Å². The lowest BCUT2D eigenvalue weighted by atomic mass is 10.2. The highest BCUT2D eigenvalue weighted by Crippen LogP contribution is 2.14. The Morgan fingerprint density at radius 3 is 1.76 bits per heavy atom. The molecule has 0 aliphatic carbocycles. The second-order valence-corrected chi connectivity index (χ2v) is 2.63. The molecule has 0 aromatic heterocycles. The third-order valence-electron chi connectivity index (χ3n) is 1.40. The van der Waals surface area contributed by atoms with Crippen LogP contribution in [0.3, 0.4) is 0 Å². The molecule has 0 radical (unpaired) electrons. The van der Waals surface area contributed by atoms with Crippen molar-refractivity contribution < 1.29 is 27.6 Å². The Labute approximate surface area is 94.1 Å². The molecule has 0 atom stereocenters. The van der Waals surface area contributed by atoms with Gasteiger partial charge in [-0.1, -0.05) is 18.2 Å². The zero-order chi connectivity index (χ0) is 13.5. The van der Waals surface area contributed by atoms with Crippen molar-refractivity contribution in [2.45, 2.75) is 6.18 Å². The zero-order valence-corrected chi connectivity index (χ0v) is 8.40. The summed E-state index contributed by atoms with van der Waals surface area (Å²) in [5, 5.41) is 0. The van der Waals surface area contributed by atoms with Crippen LogP contribution in [-0.4, -0.2) is 18.1 Å². The number of nitrogens with two attached hydrogens (primary N) is 2. The second-order valence-electron chi connectivity index (χ2n) is 2.63. The van der Waals surface area contributed by atoms with E-state index in [0.29, 0.717) is 5.56 Å². The van der Waals surface area contributed by atoms with Gasteiger partial charge in [0.2, 0.25) is 5.91 Å². The van der Waals surface area contributed by atoms with E-state index in [1.807, 2.05) is 6.07 Å². The van der Waals surface area contributed by atoms with Gasteiger partial charge in [0.1, 0.15) is 0 Å². The third kappa shape index (κ3) is 6.15. The Balaban J connectivity index is 0.000000304. The highest BCUT2D eigenvalue weighted by molar-refractivity contribution is 5.92. The van der Waals surface area contributed by atoms with Gasteiger partial charge in [-0.2, -0.15) is 19.1 Å². The molecule has 0 aliphatic heterocycles. The zero-order valence-electron chi connectivity index (χ0n) is 8.40. The monoisotopic (exact) mass is 250 g/mol. The van der Waals surface area contributed by atoms with Gasteiger partial charge in [-0.3, -0.25) is 4.79 Å². The van der Waals surface area contributed by atoms with E-state index < -0.39 is 12.1 Å². The number of amides is 1. The van der Waals surface area contributed by atoms with Gasteiger partial charge < -0.3 is 10.6 Å². The van der Waals surface area contributed by atoms with Crippen molar-refractivity contribution >= 4 is 11.9 Å². The maximum absolute atomic E-state index is 10.9. The van der Waals surface area contributed by atoms with Crippen molar-refractivity contribution in [1.29, 1.82) is 0 Å². The molecule has 0 bridgehead atoms. The second kappa shape index (κ2) is 6.48. The van der Waals surface area contributed by atoms with E-state index >= 15 is 0 Å². The number of hydrogen-bond donors (Lipinski definition) is 2. The summed E-state index contributed by atoms with van der Waals surface area (Å²) < 4.78 is 32.7. The Kier molecular flexibility index (Phi) is 5.69. The number of carbonyl (C=O) groups excluding carboxylic acids is 2. The summed E-state index contributed by atoms with van der Waals surface area (Å²) in [6, 6.07) is 8.76. The van der Waals surface area contributed by atoms with Crippen molar-refractivity contribution in [2.24, 2.45) is 11.6 Å².